The third kappa shape index (κ3) is 3.34. The Bertz CT molecular complexity index is 815. The highest BCUT2D eigenvalue weighted by molar-refractivity contribution is 5.92. The molecule has 2 aromatic heterocycles. The Balaban J connectivity index is 1.74. The van der Waals surface area contributed by atoms with Crippen molar-refractivity contribution in [1.82, 2.24) is 10.1 Å². The first kappa shape index (κ1) is 15.1. The van der Waals surface area contributed by atoms with Crippen molar-refractivity contribution in [1.29, 1.82) is 0 Å². The smallest absolute Gasteiger partial charge is 0.292 e. The molecule has 0 fully saturated rings. The molecule has 0 aliphatic rings. The summed E-state index contributed by atoms with van der Waals surface area (Å²) in [7, 11) is 1.70. The Morgan fingerprint density at radius 2 is 1.87 bits per heavy atom. The van der Waals surface area contributed by atoms with Crippen molar-refractivity contribution in [3.05, 3.63) is 65.3 Å². The van der Waals surface area contributed by atoms with E-state index in [1.54, 1.807) is 13.1 Å². The van der Waals surface area contributed by atoms with Crippen LogP contribution in [0, 0.1) is 13.8 Å². The summed E-state index contributed by atoms with van der Waals surface area (Å²) < 4.78 is 10.7. The Labute approximate surface area is 134 Å². The molecule has 118 valence electrons. The van der Waals surface area contributed by atoms with Gasteiger partial charge in [0, 0.05) is 18.7 Å². The summed E-state index contributed by atoms with van der Waals surface area (Å²) in [5.74, 6) is 1.54. The van der Waals surface area contributed by atoms with Gasteiger partial charge in [-0.2, -0.15) is 0 Å². The van der Waals surface area contributed by atoms with Crippen molar-refractivity contribution in [2.75, 3.05) is 7.05 Å². The molecule has 0 atom stereocenters. The lowest BCUT2D eigenvalue weighted by molar-refractivity contribution is 0.0733. The van der Waals surface area contributed by atoms with Gasteiger partial charge in [-0.3, -0.25) is 4.79 Å². The van der Waals surface area contributed by atoms with Gasteiger partial charge < -0.3 is 13.8 Å². The Morgan fingerprint density at radius 1 is 1.13 bits per heavy atom. The second-order valence-electron chi connectivity index (χ2n) is 5.62. The maximum absolute atomic E-state index is 12.4. The summed E-state index contributed by atoms with van der Waals surface area (Å²) >= 11 is 0. The zero-order valence-electron chi connectivity index (χ0n) is 13.4. The fourth-order valence-corrected chi connectivity index (χ4v) is 2.30. The van der Waals surface area contributed by atoms with Crippen LogP contribution in [-0.4, -0.2) is 23.0 Å². The molecule has 1 amide bonds. The summed E-state index contributed by atoms with van der Waals surface area (Å²) in [6.07, 6.45) is 0. The summed E-state index contributed by atoms with van der Waals surface area (Å²) in [5.41, 5.74) is 2.74. The maximum Gasteiger partial charge on any atom is 0.292 e. The summed E-state index contributed by atoms with van der Waals surface area (Å²) in [5, 5.41) is 3.98. The van der Waals surface area contributed by atoms with Crippen molar-refractivity contribution in [3.8, 4) is 11.3 Å². The number of carbonyl (C=O) groups is 1. The van der Waals surface area contributed by atoms with Gasteiger partial charge in [-0.1, -0.05) is 35.0 Å². The van der Waals surface area contributed by atoms with Gasteiger partial charge in [0.25, 0.3) is 5.91 Å². The summed E-state index contributed by atoms with van der Waals surface area (Å²) in [6.45, 7) is 4.27. The molecule has 2 heterocycles. The Kier molecular flexibility index (Phi) is 4.02. The van der Waals surface area contributed by atoms with Gasteiger partial charge in [-0.05, 0) is 26.0 Å². The van der Waals surface area contributed by atoms with E-state index in [-0.39, 0.29) is 11.7 Å². The first-order valence-electron chi connectivity index (χ1n) is 7.37. The van der Waals surface area contributed by atoms with E-state index in [4.69, 9.17) is 8.94 Å². The first-order valence-corrected chi connectivity index (χ1v) is 7.37. The van der Waals surface area contributed by atoms with E-state index in [0.717, 1.165) is 17.1 Å². The monoisotopic (exact) mass is 310 g/mol. The molecule has 0 bridgehead atoms. The Morgan fingerprint density at radius 3 is 2.52 bits per heavy atom. The van der Waals surface area contributed by atoms with Crippen LogP contribution in [0.25, 0.3) is 11.3 Å². The third-order valence-electron chi connectivity index (χ3n) is 3.60. The molecule has 3 rings (SSSR count). The maximum atomic E-state index is 12.4. The normalized spacial score (nSPS) is 10.7. The van der Waals surface area contributed by atoms with Crippen molar-refractivity contribution in [2.45, 2.75) is 20.4 Å². The number of rotatable bonds is 4. The van der Waals surface area contributed by atoms with E-state index in [1.807, 2.05) is 50.2 Å². The van der Waals surface area contributed by atoms with Crippen LogP contribution < -0.4 is 0 Å². The molecule has 0 saturated heterocycles. The van der Waals surface area contributed by atoms with Crippen LogP contribution in [0.2, 0.25) is 0 Å². The van der Waals surface area contributed by atoms with Crippen LogP contribution in [0.4, 0.5) is 0 Å². The molecule has 5 heteroatoms. The lowest BCUT2D eigenvalue weighted by atomic mass is 10.1. The average Bonchev–Trinajstić information content (AvgIpc) is 3.16. The van der Waals surface area contributed by atoms with Crippen LogP contribution in [-0.2, 0) is 6.54 Å². The number of furan rings is 1. The fourth-order valence-electron chi connectivity index (χ4n) is 2.30. The van der Waals surface area contributed by atoms with Gasteiger partial charge >= 0.3 is 0 Å². The quantitative estimate of drug-likeness (QED) is 0.735. The summed E-state index contributed by atoms with van der Waals surface area (Å²) in [6, 6.07) is 13.3. The van der Waals surface area contributed by atoms with E-state index in [1.165, 1.54) is 10.5 Å². The topological polar surface area (TPSA) is 59.5 Å². The summed E-state index contributed by atoms with van der Waals surface area (Å²) in [4.78, 5) is 13.9. The zero-order chi connectivity index (χ0) is 16.4. The Hall–Kier alpha value is -2.82. The van der Waals surface area contributed by atoms with Crippen molar-refractivity contribution >= 4 is 5.91 Å². The van der Waals surface area contributed by atoms with Crippen LogP contribution in [0.3, 0.4) is 0 Å². The SMILES string of the molecule is Cc1ccc(-c2cc(C(=O)N(C)Cc3ccc(C)o3)on2)cc1. The number of carbonyl (C=O) groups excluding carboxylic acids is 1. The number of benzene rings is 1. The van der Waals surface area contributed by atoms with Crippen LogP contribution in [0.5, 0.6) is 0 Å². The van der Waals surface area contributed by atoms with Gasteiger partial charge in [0.05, 0.1) is 6.54 Å². The first-order chi connectivity index (χ1) is 11.0. The molecule has 5 nitrogen and oxygen atoms in total. The van der Waals surface area contributed by atoms with E-state index in [9.17, 15) is 4.79 Å². The molecule has 0 unspecified atom stereocenters. The predicted molar refractivity (Wildman–Crippen MR) is 85.9 cm³/mol. The average molecular weight is 310 g/mol. The van der Waals surface area contributed by atoms with E-state index in [0.29, 0.717) is 12.2 Å². The lowest BCUT2D eigenvalue weighted by Gasteiger charge is -2.13. The molecule has 3 aromatic rings. The molecule has 1 aromatic carbocycles. The molecular formula is C18H18N2O3. The van der Waals surface area contributed by atoms with E-state index >= 15 is 0 Å². The minimum absolute atomic E-state index is 0.214. The number of hydrogen-bond donors (Lipinski definition) is 0. The highest BCUT2D eigenvalue weighted by Crippen LogP contribution is 2.20. The number of aryl methyl sites for hydroxylation is 2. The largest absolute Gasteiger partial charge is 0.464 e. The number of nitrogens with zero attached hydrogens (tertiary/aromatic N) is 2. The second kappa shape index (κ2) is 6.12. The van der Waals surface area contributed by atoms with Crippen molar-refractivity contribution in [2.24, 2.45) is 0 Å². The van der Waals surface area contributed by atoms with Gasteiger partial charge in [0.1, 0.15) is 17.2 Å². The van der Waals surface area contributed by atoms with Crippen LogP contribution in [0.1, 0.15) is 27.6 Å². The molecule has 0 aliphatic carbocycles. The van der Waals surface area contributed by atoms with Crippen LogP contribution >= 0.6 is 0 Å². The predicted octanol–water partition coefficient (Wildman–Crippen LogP) is 3.82. The lowest BCUT2D eigenvalue weighted by Crippen LogP contribution is -2.25. The van der Waals surface area contributed by atoms with Gasteiger partial charge in [-0.25, -0.2) is 0 Å². The van der Waals surface area contributed by atoms with Crippen LogP contribution in [0.15, 0.2) is 51.4 Å². The molecule has 0 saturated carbocycles. The standard InChI is InChI=1S/C18H18N2O3/c1-12-4-7-14(8-5-12)16-10-17(23-19-16)18(21)20(3)11-15-9-6-13(2)22-15/h4-10H,11H2,1-3H3. The highest BCUT2D eigenvalue weighted by Gasteiger charge is 2.19. The van der Waals surface area contributed by atoms with Gasteiger partial charge in [0.2, 0.25) is 5.76 Å². The molecule has 0 aliphatic heterocycles. The zero-order valence-corrected chi connectivity index (χ0v) is 13.4. The molecular weight excluding hydrogens is 292 g/mol. The van der Waals surface area contributed by atoms with Crippen molar-refractivity contribution in [3.63, 3.8) is 0 Å². The molecule has 0 spiro atoms. The number of aromatic nitrogens is 1. The number of amides is 1. The molecule has 23 heavy (non-hydrogen) atoms. The minimum Gasteiger partial charge on any atom is -0.464 e. The van der Waals surface area contributed by atoms with E-state index in [2.05, 4.69) is 5.16 Å². The van der Waals surface area contributed by atoms with E-state index < -0.39 is 0 Å². The van der Waals surface area contributed by atoms with Crippen molar-refractivity contribution < 1.29 is 13.7 Å². The van der Waals surface area contributed by atoms with Gasteiger partial charge in [0.15, 0.2) is 0 Å². The molecule has 0 N–H and O–H groups in total. The minimum atomic E-state index is -0.232. The van der Waals surface area contributed by atoms with Gasteiger partial charge in [-0.15, -0.1) is 0 Å². The number of hydrogen-bond acceptors (Lipinski definition) is 4. The third-order valence-corrected chi connectivity index (χ3v) is 3.60. The highest BCUT2D eigenvalue weighted by atomic mass is 16.5. The second-order valence-corrected chi connectivity index (χ2v) is 5.62. The fraction of sp³-hybridized carbons (Fsp3) is 0.222. The molecule has 0 radical (unpaired) electrons.